The third-order valence-electron chi connectivity index (χ3n) is 4.51. The molecule has 1 N–H and O–H groups in total. The third-order valence-corrected chi connectivity index (χ3v) is 4.51. The van der Waals surface area contributed by atoms with Gasteiger partial charge in [0.05, 0.1) is 0 Å². The molecule has 0 radical (unpaired) electrons. The zero-order valence-electron chi connectivity index (χ0n) is 14.1. The molecule has 3 heterocycles. The molecule has 2 aliphatic heterocycles. The highest BCUT2D eigenvalue weighted by molar-refractivity contribution is 6.39. The van der Waals surface area contributed by atoms with Gasteiger partial charge in [0.2, 0.25) is 5.91 Å². The largest absolute Gasteiger partial charge is 0.348 e. The summed E-state index contributed by atoms with van der Waals surface area (Å²) in [5.41, 5.74) is 1.01. The van der Waals surface area contributed by atoms with Crippen molar-refractivity contribution in [3.63, 3.8) is 0 Å². The van der Waals surface area contributed by atoms with E-state index in [0.29, 0.717) is 50.0 Å². The van der Waals surface area contributed by atoms with Gasteiger partial charge >= 0.3 is 0 Å². The van der Waals surface area contributed by atoms with E-state index in [0.717, 1.165) is 0 Å². The molecule has 25 heavy (non-hydrogen) atoms. The Morgan fingerprint density at radius 3 is 2.48 bits per heavy atom. The molecule has 0 atom stereocenters. The lowest BCUT2D eigenvalue weighted by Gasteiger charge is -2.32. The SMILES string of the molecule is CN1N=C(C(=O)NC2CCN(C(=O)c3ccncc3)CC2)CCC1=O. The summed E-state index contributed by atoms with van der Waals surface area (Å²) in [7, 11) is 1.55. The Balaban J connectivity index is 1.51. The summed E-state index contributed by atoms with van der Waals surface area (Å²) >= 11 is 0. The Morgan fingerprint density at radius 1 is 1.16 bits per heavy atom. The maximum atomic E-state index is 12.4. The van der Waals surface area contributed by atoms with Gasteiger partial charge in [0.25, 0.3) is 11.8 Å². The van der Waals surface area contributed by atoms with E-state index < -0.39 is 0 Å². The highest BCUT2D eigenvalue weighted by Gasteiger charge is 2.27. The minimum Gasteiger partial charge on any atom is -0.348 e. The van der Waals surface area contributed by atoms with Crippen molar-refractivity contribution >= 4 is 23.4 Å². The number of carbonyl (C=O) groups is 3. The van der Waals surface area contributed by atoms with E-state index in [1.54, 1.807) is 36.5 Å². The van der Waals surface area contributed by atoms with E-state index in [1.807, 2.05) is 0 Å². The number of hydrogen-bond donors (Lipinski definition) is 1. The molecule has 8 nitrogen and oxygen atoms in total. The van der Waals surface area contributed by atoms with E-state index >= 15 is 0 Å². The monoisotopic (exact) mass is 343 g/mol. The van der Waals surface area contributed by atoms with Gasteiger partial charge in [-0.2, -0.15) is 5.10 Å². The van der Waals surface area contributed by atoms with Gasteiger partial charge in [0.15, 0.2) is 0 Å². The summed E-state index contributed by atoms with van der Waals surface area (Å²) in [6, 6.07) is 3.42. The summed E-state index contributed by atoms with van der Waals surface area (Å²) in [5, 5.41) is 8.21. The number of amides is 3. The second kappa shape index (κ2) is 7.42. The fourth-order valence-electron chi connectivity index (χ4n) is 3.01. The van der Waals surface area contributed by atoms with E-state index in [9.17, 15) is 14.4 Å². The van der Waals surface area contributed by atoms with Gasteiger partial charge in [0, 0.05) is 57.0 Å². The summed E-state index contributed by atoms with van der Waals surface area (Å²) in [4.78, 5) is 41.8. The molecule has 1 saturated heterocycles. The Labute approximate surface area is 145 Å². The first-order valence-corrected chi connectivity index (χ1v) is 8.39. The number of hydrogen-bond acceptors (Lipinski definition) is 5. The van der Waals surface area contributed by atoms with Crippen molar-refractivity contribution in [3.8, 4) is 0 Å². The first-order valence-electron chi connectivity index (χ1n) is 8.39. The van der Waals surface area contributed by atoms with E-state index in [1.165, 1.54) is 5.01 Å². The summed E-state index contributed by atoms with van der Waals surface area (Å²) in [6.07, 6.45) is 5.28. The van der Waals surface area contributed by atoms with Crippen LogP contribution < -0.4 is 5.32 Å². The van der Waals surface area contributed by atoms with Gasteiger partial charge in [-0.1, -0.05) is 0 Å². The van der Waals surface area contributed by atoms with Crippen LogP contribution in [0.1, 0.15) is 36.0 Å². The number of pyridine rings is 1. The van der Waals surface area contributed by atoms with Crippen molar-refractivity contribution < 1.29 is 14.4 Å². The lowest BCUT2D eigenvalue weighted by molar-refractivity contribution is -0.130. The van der Waals surface area contributed by atoms with Gasteiger partial charge in [-0.15, -0.1) is 0 Å². The highest BCUT2D eigenvalue weighted by atomic mass is 16.2. The first-order chi connectivity index (χ1) is 12.0. The summed E-state index contributed by atoms with van der Waals surface area (Å²) in [5.74, 6) is -0.318. The molecular weight excluding hydrogens is 322 g/mol. The van der Waals surface area contributed by atoms with E-state index in [4.69, 9.17) is 0 Å². The van der Waals surface area contributed by atoms with Crippen LogP contribution in [-0.4, -0.2) is 64.5 Å². The minimum absolute atomic E-state index is 0.0102. The quantitative estimate of drug-likeness (QED) is 0.860. The predicted octanol–water partition coefficient (Wildman–Crippen LogP) is 0.411. The number of aromatic nitrogens is 1. The van der Waals surface area contributed by atoms with Gasteiger partial charge in [-0.3, -0.25) is 19.4 Å². The molecule has 0 spiro atoms. The van der Waals surface area contributed by atoms with Crippen LogP contribution in [0.5, 0.6) is 0 Å². The van der Waals surface area contributed by atoms with Gasteiger partial charge in [-0.05, 0) is 25.0 Å². The Bertz CT molecular complexity index is 695. The second-order valence-electron chi connectivity index (χ2n) is 6.24. The van der Waals surface area contributed by atoms with E-state index in [-0.39, 0.29) is 23.8 Å². The average Bonchev–Trinajstić information content (AvgIpc) is 2.64. The zero-order valence-corrected chi connectivity index (χ0v) is 14.1. The number of likely N-dealkylation sites (tertiary alicyclic amines) is 1. The standard InChI is InChI=1S/C17H21N5O3/c1-21-15(23)3-2-14(20-21)16(24)19-13-6-10-22(11-7-13)17(25)12-4-8-18-9-5-12/h4-5,8-9,13H,2-3,6-7,10-11H2,1H3,(H,19,24). The minimum atomic E-state index is -0.224. The number of rotatable bonds is 3. The fourth-order valence-corrected chi connectivity index (χ4v) is 3.01. The number of nitrogens with zero attached hydrogens (tertiary/aromatic N) is 4. The predicted molar refractivity (Wildman–Crippen MR) is 90.7 cm³/mol. The molecule has 2 aliphatic rings. The van der Waals surface area contributed by atoms with Crippen molar-refractivity contribution in [1.29, 1.82) is 0 Å². The molecule has 3 amide bonds. The van der Waals surface area contributed by atoms with Gasteiger partial charge < -0.3 is 10.2 Å². The van der Waals surface area contributed by atoms with Crippen molar-refractivity contribution in [2.45, 2.75) is 31.7 Å². The second-order valence-corrected chi connectivity index (χ2v) is 6.24. The normalized spacial score (nSPS) is 18.8. The Hall–Kier alpha value is -2.77. The van der Waals surface area contributed by atoms with E-state index in [2.05, 4.69) is 15.4 Å². The van der Waals surface area contributed by atoms with Crippen LogP contribution in [0.25, 0.3) is 0 Å². The Kier molecular flexibility index (Phi) is 5.06. The molecule has 8 heteroatoms. The fraction of sp³-hybridized carbons (Fsp3) is 0.471. The van der Waals surface area contributed by atoms with Crippen molar-refractivity contribution in [1.82, 2.24) is 20.2 Å². The molecule has 0 unspecified atom stereocenters. The van der Waals surface area contributed by atoms with Crippen LogP contribution >= 0.6 is 0 Å². The molecule has 0 bridgehead atoms. The molecule has 1 aromatic rings. The van der Waals surface area contributed by atoms with Crippen LogP contribution in [0.3, 0.4) is 0 Å². The van der Waals surface area contributed by atoms with Gasteiger partial charge in [0.1, 0.15) is 5.71 Å². The molecular formula is C17H21N5O3. The smallest absolute Gasteiger partial charge is 0.267 e. The number of carbonyl (C=O) groups excluding carboxylic acids is 3. The molecule has 0 aromatic carbocycles. The maximum absolute atomic E-state index is 12.4. The van der Waals surface area contributed by atoms with Crippen molar-refractivity contribution in [2.75, 3.05) is 20.1 Å². The summed E-state index contributed by atoms with van der Waals surface area (Å²) < 4.78 is 0. The lowest BCUT2D eigenvalue weighted by atomic mass is 10.0. The highest BCUT2D eigenvalue weighted by Crippen LogP contribution is 2.14. The number of piperidine rings is 1. The van der Waals surface area contributed by atoms with Gasteiger partial charge in [-0.25, -0.2) is 5.01 Å². The molecule has 3 rings (SSSR count). The van der Waals surface area contributed by atoms with Crippen LogP contribution in [-0.2, 0) is 9.59 Å². The van der Waals surface area contributed by atoms with Crippen LogP contribution in [0, 0.1) is 0 Å². The first kappa shape index (κ1) is 17.1. The average molecular weight is 343 g/mol. The molecule has 132 valence electrons. The molecule has 0 aliphatic carbocycles. The topological polar surface area (TPSA) is 95.0 Å². The number of hydrazone groups is 1. The molecule has 0 saturated carbocycles. The molecule has 1 aromatic heterocycles. The van der Waals surface area contributed by atoms with Crippen LogP contribution in [0.4, 0.5) is 0 Å². The summed E-state index contributed by atoms with van der Waals surface area (Å²) in [6.45, 7) is 1.19. The van der Waals surface area contributed by atoms with Crippen LogP contribution in [0.15, 0.2) is 29.6 Å². The number of nitrogens with one attached hydrogen (secondary N) is 1. The Morgan fingerprint density at radius 2 is 1.84 bits per heavy atom. The molecule has 1 fully saturated rings. The van der Waals surface area contributed by atoms with Crippen LogP contribution in [0.2, 0.25) is 0 Å². The lowest BCUT2D eigenvalue weighted by Crippen LogP contribution is -2.48. The van der Waals surface area contributed by atoms with Crippen molar-refractivity contribution in [2.24, 2.45) is 5.10 Å². The maximum Gasteiger partial charge on any atom is 0.267 e. The van der Waals surface area contributed by atoms with Crippen molar-refractivity contribution in [3.05, 3.63) is 30.1 Å². The zero-order chi connectivity index (χ0) is 17.8. The third kappa shape index (κ3) is 4.01.